The Morgan fingerprint density at radius 1 is 1.23 bits per heavy atom. The number of nitro benzene ring substituents is 1. The monoisotopic (exact) mass is 323 g/mol. The number of carboxylic acid groups (broad SMARTS) is 2. The first-order valence-corrected chi connectivity index (χ1v) is 6.86. The van der Waals surface area contributed by atoms with Crippen LogP contribution in [0.1, 0.15) is 20.1 Å². The van der Waals surface area contributed by atoms with Crippen LogP contribution in [-0.2, 0) is 11.2 Å². The highest BCUT2D eigenvalue weighted by Crippen LogP contribution is 2.14. The van der Waals surface area contributed by atoms with Gasteiger partial charge in [0.2, 0.25) is 0 Å². The summed E-state index contributed by atoms with van der Waals surface area (Å²) < 4.78 is 0. The standard InChI is InChI=1S/C8H7NO4.C6H6O2S/c10-8(11)5-6-2-1-3-7(4-6)9(12)13;1-4-2-3-5(9-4)6(7)8/h1-4H,5H2,(H,10,11);2-3H,1H3,(H,7,8). The molecule has 2 N–H and O–H groups in total. The van der Waals surface area contributed by atoms with E-state index in [4.69, 9.17) is 10.2 Å². The van der Waals surface area contributed by atoms with Gasteiger partial charge in [0.15, 0.2) is 0 Å². The van der Waals surface area contributed by atoms with Gasteiger partial charge in [-0.25, -0.2) is 4.79 Å². The van der Waals surface area contributed by atoms with Crippen LogP contribution in [-0.4, -0.2) is 27.1 Å². The molecular weight excluding hydrogens is 310 g/mol. The molecule has 0 aliphatic rings. The molecule has 0 saturated heterocycles. The first kappa shape index (κ1) is 17.3. The Hall–Kier alpha value is -2.74. The van der Waals surface area contributed by atoms with Gasteiger partial charge in [-0.15, -0.1) is 11.3 Å². The second kappa shape index (κ2) is 7.89. The highest BCUT2D eigenvalue weighted by atomic mass is 32.1. The molecule has 0 fully saturated rings. The van der Waals surface area contributed by atoms with Gasteiger partial charge in [-0.05, 0) is 24.6 Å². The Morgan fingerprint density at radius 3 is 2.32 bits per heavy atom. The SMILES string of the molecule is Cc1ccc(C(=O)O)s1.O=C(O)Cc1cccc([N+](=O)[O-])c1. The lowest BCUT2D eigenvalue weighted by Gasteiger charge is -1.95. The number of aliphatic carboxylic acids is 1. The second-order valence-electron chi connectivity index (χ2n) is 4.21. The number of hydrogen-bond donors (Lipinski definition) is 2. The highest BCUT2D eigenvalue weighted by molar-refractivity contribution is 7.13. The number of nitrogens with zero attached hydrogens (tertiary/aromatic N) is 1. The third-order valence-corrected chi connectivity index (χ3v) is 3.42. The topological polar surface area (TPSA) is 118 Å². The van der Waals surface area contributed by atoms with Crippen molar-refractivity contribution in [1.29, 1.82) is 0 Å². The van der Waals surface area contributed by atoms with Crippen molar-refractivity contribution >= 4 is 29.0 Å². The van der Waals surface area contributed by atoms with Crippen molar-refractivity contribution < 1.29 is 24.7 Å². The molecule has 0 atom stereocenters. The molecule has 1 aromatic carbocycles. The molecule has 2 rings (SSSR count). The minimum absolute atomic E-state index is 0.0845. The molecule has 0 saturated carbocycles. The molecule has 0 spiro atoms. The van der Waals surface area contributed by atoms with Crippen LogP contribution in [0.15, 0.2) is 36.4 Å². The lowest BCUT2D eigenvalue weighted by Crippen LogP contribution is -2.00. The zero-order valence-electron chi connectivity index (χ0n) is 11.6. The molecule has 0 unspecified atom stereocenters. The van der Waals surface area contributed by atoms with Crippen molar-refractivity contribution in [3.8, 4) is 0 Å². The molecule has 0 aliphatic carbocycles. The predicted octanol–water partition coefficient (Wildman–Crippen LogP) is 2.98. The van der Waals surface area contributed by atoms with Crippen molar-refractivity contribution in [3.05, 3.63) is 61.8 Å². The van der Waals surface area contributed by atoms with Crippen molar-refractivity contribution in [1.82, 2.24) is 0 Å². The second-order valence-corrected chi connectivity index (χ2v) is 5.50. The summed E-state index contributed by atoms with van der Waals surface area (Å²) in [5, 5.41) is 27.1. The summed E-state index contributed by atoms with van der Waals surface area (Å²) in [6.45, 7) is 1.89. The van der Waals surface area contributed by atoms with Crippen molar-refractivity contribution in [3.63, 3.8) is 0 Å². The number of carboxylic acids is 2. The van der Waals surface area contributed by atoms with Gasteiger partial charge in [-0.3, -0.25) is 14.9 Å². The van der Waals surface area contributed by atoms with Crippen LogP contribution in [0, 0.1) is 17.0 Å². The van der Waals surface area contributed by atoms with E-state index in [0.717, 1.165) is 4.88 Å². The number of non-ortho nitro benzene ring substituents is 1. The van der Waals surface area contributed by atoms with E-state index in [1.807, 2.05) is 6.92 Å². The summed E-state index contributed by atoms with van der Waals surface area (Å²) >= 11 is 1.30. The molecule has 22 heavy (non-hydrogen) atoms. The van der Waals surface area contributed by atoms with Crippen LogP contribution in [0.2, 0.25) is 0 Å². The molecule has 0 radical (unpaired) electrons. The zero-order chi connectivity index (χ0) is 16.7. The Kier molecular flexibility index (Phi) is 6.21. The minimum atomic E-state index is -1.000. The number of aromatic carboxylic acids is 1. The summed E-state index contributed by atoms with van der Waals surface area (Å²) in [4.78, 5) is 31.7. The zero-order valence-corrected chi connectivity index (χ0v) is 12.4. The molecule has 116 valence electrons. The van der Waals surface area contributed by atoms with Crippen LogP contribution in [0.3, 0.4) is 0 Å². The summed E-state index contributed by atoms with van der Waals surface area (Å²) in [5.74, 6) is -1.84. The van der Waals surface area contributed by atoms with Crippen molar-refractivity contribution in [2.24, 2.45) is 0 Å². The molecule has 0 amide bonds. The molecule has 8 heteroatoms. The van der Waals surface area contributed by atoms with E-state index in [1.54, 1.807) is 18.2 Å². The normalized spacial score (nSPS) is 9.50. The largest absolute Gasteiger partial charge is 0.481 e. The van der Waals surface area contributed by atoms with Gasteiger partial charge in [0, 0.05) is 17.0 Å². The van der Waals surface area contributed by atoms with Gasteiger partial charge in [-0.1, -0.05) is 12.1 Å². The van der Waals surface area contributed by atoms with Gasteiger partial charge in [0.1, 0.15) is 4.88 Å². The fourth-order valence-electron chi connectivity index (χ4n) is 1.50. The van der Waals surface area contributed by atoms with E-state index in [9.17, 15) is 19.7 Å². The summed E-state index contributed by atoms with van der Waals surface area (Å²) in [7, 11) is 0. The summed E-state index contributed by atoms with van der Waals surface area (Å²) in [6, 6.07) is 9.01. The number of rotatable bonds is 4. The molecule has 0 bridgehead atoms. The highest BCUT2D eigenvalue weighted by Gasteiger charge is 2.07. The molecule has 2 aromatic rings. The summed E-state index contributed by atoms with van der Waals surface area (Å²) in [6.07, 6.45) is -0.193. The predicted molar refractivity (Wildman–Crippen MR) is 80.5 cm³/mol. The van der Waals surface area contributed by atoms with Crippen LogP contribution in [0.25, 0.3) is 0 Å². The first-order chi connectivity index (χ1) is 10.3. The Balaban J connectivity index is 0.000000235. The average Bonchev–Trinajstić information content (AvgIpc) is 2.86. The van der Waals surface area contributed by atoms with E-state index in [0.29, 0.717) is 10.4 Å². The quantitative estimate of drug-likeness (QED) is 0.659. The number of nitro groups is 1. The Labute approximate surface area is 129 Å². The van der Waals surface area contributed by atoms with E-state index in [2.05, 4.69) is 0 Å². The van der Waals surface area contributed by atoms with Gasteiger partial charge in [-0.2, -0.15) is 0 Å². The maximum atomic E-state index is 10.3. The van der Waals surface area contributed by atoms with Crippen molar-refractivity contribution in [2.45, 2.75) is 13.3 Å². The molecule has 0 aliphatic heterocycles. The van der Waals surface area contributed by atoms with E-state index >= 15 is 0 Å². The summed E-state index contributed by atoms with van der Waals surface area (Å²) in [5.41, 5.74) is 0.348. The average molecular weight is 323 g/mol. The number of carbonyl (C=O) groups is 2. The number of benzene rings is 1. The fourth-order valence-corrected chi connectivity index (χ4v) is 2.21. The van der Waals surface area contributed by atoms with Gasteiger partial charge in [0.25, 0.3) is 5.69 Å². The fraction of sp³-hybridized carbons (Fsp3) is 0.143. The van der Waals surface area contributed by atoms with Crippen molar-refractivity contribution in [2.75, 3.05) is 0 Å². The third kappa shape index (κ3) is 5.71. The molecular formula is C14H13NO6S. The van der Waals surface area contributed by atoms with E-state index in [-0.39, 0.29) is 12.1 Å². The van der Waals surface area contributed by atoms with E-state index in [1.165, 1.54) is 29.5 Å². The number of hydrogen-bond acceptors (Lipinski definition) is 5. The lowest BCUT2D eigenvalue weighted by atomic mass is 10.1. The number of thiophene rings is 1. The number of aryl methyl sites for hydroxylation is 1. The smallest absolute Gasteiger partial charge is 0.345 e. The van der Waals surface area contributed by atoms with E-state index < -0.39 is 16.9 Å². The van der Waals surface area contributed by atoms with Crippen LogP contribution >= 0.6 is 11.3 Å². The maximum absolute atomic E-state index is 10.3. The maximum Gasteiger partial charge on any atom is 0.345 e. The van der Waals surface area contributed by atoms with Gasteiger partial charge >= 0.3 is 11.9 Å². The molecule has 1 aromatic heterocycles. The van der Waals surface area contributed by atoms with Gasteiger partial charge in [0.05, 0.1) is 11.3 Å². The third-order valence-electron chi connectivity index (χ3n) is 2.43. The lowest BCUT2D eigenvalue weighted by molar-refractivity contribution is -0.384. The first-order valence-electron chi connectivity index (χ1n) is 6.04. The van der Waals surface area contributed by atoms with Crippen LogP contribution in [0.5, 0.6) is 0 Å². The Morgan fingerprint density at radius 2 is 1.91 bits per heavy atom. The van der Waals surface area contributed by atoms with Gasteiger partial charge < -0.3 is 10.2 Å². The molecule has 1 heterocycles. The Bertz CT molecular complexity index is 694. The van der Waals surface area contributed by atoms with Crippen LogP contribution in [0.4, 0.5) is 5.69 Å². The minimum Gasteiger partial charge on any atom is -0.481 e. The van der Waals surface area contributed by atoms with Crippen LogP contribution < -0.4 is 0 Å². The molecule has 7 nitrogen and oxygen atoms in total.